The molecule has 0 atom stereocenters. The van der Waals surface area contributed by atoms with Gasteiger partial charge in [0.05, 0.1) is 24.8 Å². The number of rotatable bonds is 8. The third-order valence-corrected chi connectivity index (χ3v) is 6.42. The van der Waals surface area contributed by atoms with Crippen LogP contribution >= 0.6 is 7.60 Å². The molecule has 8 heteroatoms. The van der Waals surface area contributed by atoms with Crippen molar-refractivity contribution in [1.29, 1.82) is 0 Å². The van der Waals surface area contributed by atoms with Gasteiger partial charge in [-0.05, 0) is 31.4 Å². The number of anilines is 1. The van der Waals surface area contributed by atoms with E-state index in [0.29, 0.717) is 31.6 Å². The number of fused-ring (bicyclic) bond motifs is 1. The van der Waals surface area contributed by atoms with Crippen LogP contribution in [0, 0.1) is 0 Å². The first-order chi connectivity index (χ1) is 13.0. The van der Waals surface area contributed by atoms with E-state index in [1.54, 1.807) is 0 Å². The summed E-state index contributed by atoms with van der Waals surface area (Å²) in [5.41, 5.74) is 9.93. The number of benzene rings is 1. The van der Waals surface area contributed by atoms with Crippen LogP contribution in [-0.4, -0.2) is 33.9 Å². The van der Waals surface area contributed by atoms with Gasteiger partial charge in [0.1, 0.15) is 17.8 Å². The summed E-state index contributed by atoms with van der Waals surface area (Å²) in [5.74, 6) is 0.457. The van der Waals surface area contributed by atoms with Crippen molar-refractivity contribution in [3.05, 3.63) is 42.4 Å². The van der Waals surface area contributed by atoms with E-state index >= 15 is 0 Å². The zero-order valence-electron chi connectivity index (χ0n) is 15.9. The van der Waals surface area contributed by atoms with Crippen LogP contribution in [0.5, 0.6) is 0 Å². The molecule has 2 aromatic heterocycles. The molecule has 0 aliphatic heterocycles. The van der Waals surface area contributed by atoms with E-state index in [4.69, 9.17) is 14.8 Å². The lowest BCUT2D eigenvalue weighted by atomic mass is 10.0. The lowest BCUT2D eigenvalue weighted by Crippen LogP contribution is -2.02. The van der Waals surface area contributed by atoms with Gasteiger partial charge < -0.3 is 19.3 Å². The number of nitrogen functional groups attached to an aromatic ring is 1. The van der Waals surface area contributed by atoms with Gasteiger partial charge in [-0.25, -0.2) is 9.97 Å². The Kier molecular flexibility index (Phi) is 5.95. The molecule has 1 aromatic carbocycles. The van der Waals surface area contributed by atoms with Crippen molar-refractivity contribution in [2.75, 3.05) is 25.1 Å². The normalized spacial score (nSPS) is 12.0. The highest BCUT2D eigenvalue weighted by Crippen LogP contribution is 2.48. The minimum atomic E-state index is -3.06. The van der Waals surface area contributed by atoms with Crippen LogP contribution in [0.2, 0.25) is 0 Å². The van der Waals surface area contributed by atoms with E-state index in [1.807, 2.05) is 49.9 Å². The highest BCUT2D eigenvalue weighted by atomic mass is 31.2. The number of nitrogens with two attached hydrogens (primary N) is 1. The van der Waals surface area contributed by atoms with Crippen LogP contribution in [-0.2, 0) is 27.1 Å². The molecule has 0 saturated carbocycles. The molecule has 27 heavy (non-hydrogen) atoms. The van der Waals surface area contributed by atoms with Crippen LogP contribution in [0.25, 0.3) is 22.2 Å². The van der Waals surface area contributed by atoms with E-state index < -0.39 is 7.60 Å². The van der Waals surface area contributed by atoms with E-state index in [0.717, 1.165) is 27.7 Å². The van der Waals surface area contributed by atoms with Gasteiger partial charge in [0.15, 0.2) is 0 Å². The summed E-state index contributed by atoms with van der Waals surface area (Å²) >= 11 is 0. The summed E-state index contributed by atoms with van der Waals surface area (Å²) in [7, 11) is -1.13. The Morgan fingerprint density at radius 3 is 2.63 bits per heavy atom. The molecular formula is C19H25N4O3P. The minimum Gasteiger partial charge on any atom is -0.383 e. The summed E-state index contributed by atoms with van der Waals surface area (Å²) in [4.78, 5) is 8.44. The van der Waals surface area contributed by atoms with E-state index in [9.17, 15) is 4.57 Å². The van der Waals surface area contributed by atoms with E-state index in [1.165, 1.54) is 6.33 Å². The number of aromatic nitrogens is 3. The van der Waals surface area contributed by atoms with Crippen molar-refractivity contribution in [1.82, 2.24) is 14.5 Å². The smallest absolute Gasteiger partial charge is 0.330 e. The summed E-state index contributed by atoms with van der Waals surface area (Å²) < 4.78 is 25.4. The molecule has 2 heterocycles. The lowest BCUT2D eigenvalue weighted by Gasteiger charge is -2.17. The number of nitrogens with zero attached hydrogens (tertiary/aromatic N) is 3. The van der Waals surface area contributed by atoms with Gasteiger partial charge in [-0.2, -0.15) is 0 Å². The molecule has 0 fully saturated rings. The Bertz CT molecular complexity index is 976. The predicted octanol–water partition coefficient (Wildman–Crippen LogP) is 4.03. The van der Waals surface area contributed by atoms with Crippen molar-refractivity contribution in [3.8, 4) is 11.1 Å². The Labute approximate surface area is 159 Å². The molecule has 0 amide bonds. The second-order valence-electron chi connectivity index (χ2n) is 6.23. The number of aryl methyl sites for hydroxylation is 2. The molecule has 2 N–H and O–H groups in total. The van der Waals surface area contributed by atoms with Crippen molar-refractivity contribution < 1.29 is 13.6 Å². The maximum absolute atomic E-state index is 12.7. The standard InChI is InChI=1S/C19H25N4O3P/c1-4-25-27(24,26-5-2)10-9-14-7-6-8-15(11-14)16-12-23(3)19-17(16)18(20)21-13-22-19/h6-8,11-13H,4-5,9-10H2,1-3H3,(H2,20,21,22). The van der Waals surface area contributed by atoms with Gasteiger partial charge in [0.2, 0.25) is 0 Å². The largest absolute Gasteiger partial charge is 0.383 e. The van der Waals surface area contributed by atoms with Gasteiger partial charge >= 0.3 is 7.60 Å². The highest BCUT2D eigenvalue weighted by molar-refractivity contribution is 7.53. The summed E-state index contributed by atoms with van der Waals surface area (Å²) in [6, 6.07) is 8.09. The molecule has 0 bridgehead atoms. The Morgan fingerprint density at radius 2 is 1.93 bits per heavy atom. The molecule has 3 rings (SSSR count). The molecule has 0 aliphatic rings. The Morgan fingerprint density at radius 1 is 1.19 bits per heavy atom. The van der Waals surface area contributed by atoms with Gasteiger partial charge in [0.25, 0.3) is 0 Å². The maximum atomic E-state index is 12.7. The predicted molar refractivity (Wildman–Crippen MR) is 108 cm³/mol. The van der Waals surface area contributed by atoms with E-state index in [2.05, 4.69) is 16.0 Å². The van der Waals surface area contributed by atoms with Crippen LogP contribution in [0.4, 0.5) is 5.82 Å². The molecular weight excluding hydrogens is 363 g/mol. The van der Waals surface area contributed by atoms with Crippen LogP contribution in [0.1, 0.15) is 19.4 Å². The molecule has 144 valence electrons. The first kappa shape index (κ1) is 19.5. The first-order valence-corrected chi connectivity index (χ1v) is 10.7. The highest BCUT2D eigenvalue weighted by Gasteiger charge is 2.23. The van der Waals surface area contributed by atoms with Gasteiger partial charge in [-0.1, -0.05) is 24.3 Å². The first-order valence-electron chi connectivity index (χ1n) is 9.00. The number of hydrogen-bond acceptors (Lipinski definition) is 6. The SMILES string of the molecule is CCOP(=O)(CCc1cccc(-c2cn(C)c3ncnc(N)c23)c1)OCC. The minimum absolute atomic E-state index is 0.346. The fourth-order valence-electron chi connectivity index (χ4n) is 3.17. The van der Waals surface area contributed by atoms with Crippen molar-refractivity contribution in [2.24, 2.45) is 7.05 Å². The van der Waals surface area contributed by atoms with Crippen molar-refractivity contribution in [3.63, 3.8) is 0 Å². The van der Waals surface area contributed by atoms with Crippen molar-refractivity contribution >= 4 is 24.4 Å². The zero-order chi connectivity index (χ0) is 19.4. The molecule has 0 unspecified atom stereocenters. The zero-order valence-corrected chi connectivity index (χ0v) is 16.8. The molecule has 3 aromatic rings. The summed E-state index contributed by atoms with van der Waals surface area (Å²) in [6.45, 7) is 4.37. The lowest BCUT2D eigenvalue weighted by molar-refractivity contribution is 0.220. The van der Waals surface area contributed by atoms with Crippen LogP contribution in [0.3, 0.4) is 0 Å². The Balaban J connectivity index is 1.90. The summed E-state index contributed by atoms with van der Waals surface area (Å²) in [6.07, 6.45) is 4.41. The summed E-state index contributed by atoms with van der Waals surface area (Å²) in [5, 5.41) is 0.839. The monoisotopic (exact) mass is 388 g/mol. The molecule has 0 radical (unpaired) electrons. The van der Waals surface area contributed by atoms with Gasteiger partial charge in [-0.3, -0.25) is 4.57 Å². The fraction of sp³-hybridized carbons (Fsp3) is 0.368. The second-order valence-corrected chi connectivity index (χ2v) is 8.42. The third kappa shape index (κ3) is 4.21. The quantitative estimate of drug-likeness (QED) is 0.586. The molecule has 0 saturated heterocycles. The third-order valence-electron chi connectivity index (χ3n) is 4.35. The van der Waals surface area contributed by atoms with Crippen LogP contribution in [0.15, 0.2) is 36.8 Å². The number of hydrogen-bond donors (Lipinski definition) is 1. The average Bonchev–Trinajstić information content (AvgIpc) is 2.99. The topological polar surface area (TPSA) is 92.3 Å². The molecule has 0 spiro atoms. The fourth-order valence-corrected chi connectivity index (χ4v) is 4.83. The van der Waals surface area contributed by atoms with Gasteiger partial charge in [-0.15, -0.1) is 0 Å². The maximum Gasteiger partial charge on any atom is 0.330 e. The van der Waals surface area contributed by atoms with Crippen molar-refractivity contribution in [2.45, 2.75) is 20.3 Å². The van der Waals surface area contributed by atoms with Gasteiger partial charge in [0, 0.05) is 18.8 Å². The molecule has 7 nitrogen and oxygen atoms in total. The second kappa shape index (κ2) is 8.21. The van der Waals surface area contributed by atoms with E-state index in [-0.39, 0.29) is 0 Å². The average molecular weight is 388 g/mol. The Hall–Kier alpha value is -2.21. The molecule has 0 aliphatic carbocycles. The van der Waals surface area contributed by atoms with Crippen LogP contribution < -0.4 is 5.73 Å².